The van der Waals surface area contributed by atoms with E-state index in [1.54, 1.807) is 0 Å². The average Bonchev–Trinajstić information content (AvgIpc) is 1.99. The maximum atomic E-state index is 11.5. The van der Waals surface area contributed by atoms with E-state index in [0.717, 1.165) is 19.3 Å². The molecular formula is C11H25ClN2O. The van der Waals surface area contributed by atoms with Crippen molar-refractivity contribution in [2.24, 2.45) is 5.73 Å². The van der Waals surface area contributed by atoms with Crippen molar-refractivity contribution in [3.63, 3.8) is 0 Å². The van der Waals surface area contributed by atoms with Crippen LogP contribution in [0.5, 0.6) is 0 Å². The van der Waals surface area contributed by atoms with Gasteiger partial charge < -0.3 is 11.1 Å². The summed E-state index contributed by atoms with van der Waals surface area (Å²) in [6.07, 6.45) is 3.39. The Kier molecular flexibility index (Phi) is 9.07. The van der Waals surface area contributed by atoms with Crippen LogP contribution >= 0.6 is 12.4 Å². The van der Waals surface area contributed by atoms with E-state index >= 15 is 0 Å². The molecule has 0 bridgehead atoms. The molecule has 0 rings (SSSR count). The Hall–Kier alpha value is -0.280. The van der Waals surface area contributed by atoms with E-state index in [1.165, 1.54) is 0 Å². The van der Waals surface area contributed by atoms with Gasteiger partial charge in [0.2, 0.25) is 5.91 Å². The molecule has 15 heavy (non-hydrogen) atoms. The molecule has 1 atom stereocenters. The first-order valence-electron chi connectivity index (χ1n) is 5.44. The van der Waals surface area contributed by atoms with Crippen LogP contribution in [0, 0.1) is 0 Å². The molecule has 4 heteroatoms. The Morgan fingerprint density at radius 3 is 2.40 bits per heavy atom. The zero-order valence-electron chi connectivity index (χ0n) is 10.3. The summed E-state index contributed by atoms with van der Waals surface area (Å²) in [4.78, 5) is 11.5. The molecule has 0 aromatic rings. The summed E-state index contributed by atoms with van der Waals surface area (Å²) in [5.74, 6) is 0.112. The molecule has 0 spiro atoms. The van der Waals surface area contributed by atoms with Gasteiger partial charge in [-0.25, -0.2) is 0 Å². The highest BCUT2D eigenvalue weighted by Crippen LogP contribution is 2.11. The summed E-state index contributed by atoms with van der Waals surface area (Å²) in [5.41, 5.74) is 5.50. The standard InChI is InChI=1S/C11H24N2O.ClH/c1-5-8-11(3,4)13-10(14)7-6-9(2)12;/h9H,5-8,12H2,1-4H3,(H,13,14);1H. The van der Waals surface area contributed by atoms with E-state index in [0.29, 0.717) is 6.42 Å². The minimum atomic E-state index is -0.0797. The SMILES string of the molecule is CCCC(C)(C)NC(=O)CCC(C)N.Cl. The van der Waals surface area contributed by atoms with Crippen LogP contribution in [0.1, 0.15) is 53.4 Å². The van der Waals surface area contributed by atoms with Gasteiger partial charge in [-0.05, 0) is 33.6 Å². The van der Waals surface area contributed by atoms with E-state index < -0.39 is 0 Å². The second-order valence-electron chi connectivity index (χ2n) is 4.70. The molecule has 0 aromatic carbocycles. The fourth-order valence-electron chi connectivity index (χ4n) is 1.49. The summed E-state index contributed by atoms with van der Waals surface area (Å²) in [6, 6.07) is 0.107. The molecule has 3 nitrogen and oxygen atoms in total. The van der Waals surface area contributed by atoms with Gasteiger partial charge in [0, 0.05) is 18.0 Å². The number of nitrogens with two attached hydrogens (primary N) is 1. The van der Waals surface area contributed by atoms with E-state index in [2.05, 4.69) is 26.1 Å². The summed E-state index contributed by atoms with van der Waals surface area (Å²) in [7, 11) is 0. The number of halogens is 1. The van der Waals surface area contributed by atoms with Crippen molar-refractivity contribution in [3.8, 4) is 0 Å². The van der Waals surface area contributed by atoms with Gasteiger partial charge in [-0.15, -0.1) is 12.4 Å². The van der Waals surface area contributed by atoms with Gasteiger partial charge in [-0.1, -0.05) is 13.3 Å². The van der Waals surface area contributed by atoms with Gasteiger partial charge in [0.15, 0.2) is 0 Å². The van der Waals surface area contributed by atoms with Crippen LogP contribution in [0.15, 0.2) is 0 Å². The highest BCUT2D eigenvalue weighted by atomic mass is 35.5. The maximum absolute atomic E-state index is 11.5. The Bertz CT molecular complexity index is 181. The number of carbonyl (C=O) groups excluding carboxylic acids is 1. The first-order valence-corrected chi connectivity index (χ1v) is 5.44. The first kappa shape index (κ1) is 17.1. The minimum absolute atomic E-state index is 0. The number of amides is 1. The second-order valence-corrected chi connectivity index (χ2v) is 4.70. The Labute approximate surface area is 99.6 Å². The van der Waals surface area contributed by atoms with Gasteiger partial charge >= 0.3 is 0 Å². The van der Waals surface area contributed by atoms with Crippen LogP contribution in [0.3, 0.4) is 0 Å². The third-order valence-electron chi connectivity index (χ3n) is 2.18. The van der Waals surface area contributed by atoms with Crippen molar-refractivity contribution in [1.82, 2.24) is 5.32 Å². The van der Waals surface area contributed by atoms with E-state index in [4.69, 9.17) is 5.73 Å². The Morgan fingerprint density at radius 2 is 2.00 bits per heavy atom. The van der Waals surface area contributed by atoms with Crippen molar-refractivity contribution in [1.29, 1.82) is 0 Å². The van der Waals surface area contributed by atoms with Gasteiger partial charge in [-0.2, -0.15) is 0 Å². The second kappa shape index (κ2) is 7.94. The molecule has 92 valence electrons. The zero-order valence-corrected chi connectivity index (χ0v) is 11.1. The first-order chi connectivity index (χ1) is 6.37. The third kappa shape index (κ3) is 10.0. The lowest BCUT2D eigenvalue weighted by Crippen LogP contribution is -2.43. The fraction of sp³-hybridized carbons (Fsp3) is 0.909. The molecule has 0 heterocycles. The zero-order chi connectivity index (χ0) is 11.2. The van der Waals surface area contributed by atoms with E-state index in [9.17, 15) is 4.79 Å². The Balaban J connectivity index is 0. The largest absolute Gasteiger partial charge is 0.351 e. The molecule has 1 amide bonds. The summed E-state index contributed by atoms with van der Waals surface area (Å²) in [5, 5.41) is 3.02. The third-order valence-corrected chi connectivity index (χ3v) is 2.18. The minimum Gasteiger partial charge on any atom is -0.351 e. The number of hydrogen-bond acceptors (Lipinski definition) is 2. The molecule has 0 aliphatic carbocycles. The summed E-state index contributed by atoms with van der Waals surface area (Å²) in [6.45, 7) is 8.15. The molecule has 0 saturated carbocycles. The van der Waals surface area contributed by atoms with Crippen LogP contribution < -0.4 is 11.1 Å². The summed E-state index contributed by atoms with van der Waals surface area (Å²) >= 11 is 0. The highest BCUT2D eigenvalue weighted by Gasteiger charge is 2.18. The molecule has 1 unspecified atom stereocenters. The fourth-order valence-corrected chi connectivity index (χ4v) is 1.49. The van der Waals surface area contributed by atoms with E-state index in [1.807, 2.05) is 6.92 Å². The molecule has 0 saturated heterocycles. The number of nitrogens with one attached hydrogen (secondary N) is 1. The van der Waals surface area contributed by atoms with Crippen LogP contribution in [0.4, 0.5) is 0 Å². The highest BCUT2D eigenvalue weighted by molar-refractivity contribution is 5.85. The molecule has 0 fully saturated rings. The number of rotatable bonds is 6. The maximum Gasteiger partial charge on any atom is 0.220 e. The Morgan fingerprint density at radius 1 is 1.47 bits per heavy atom. The topological polar surface area (TPSA) is 55.1 Å². The lowest BCUT2D eigenvalue weighted by molar-refractivity contribution is -0.122. The van der Waals surface area contributed by atoms with Gasteiger partial charge in [0.1, 0.15) is 0 Å². The van der Waals surface area contributed by atoms with Gasteiger partial charge in [-0.3, -0.25) is 4.79 Å². The summed E-state index contributed by atoms with van der Waals surface area (Å²) < 4.78 is 0. The lowest BCUT2D eigenvalue weighted by atomic mass is 9.98. The normalized spacial score (nSPS) is 12.9. The van der Waals surface area contributed by atoms with Crippen molar-refractivity contribution in [2.45, 2.75) is 65.0 Å². The van der Waals surface area contributed by atoms with Crippen molar-refractivity contribution in [2.75, 3.05) is 0 Å². The van der Waals surface area contributed by atoms with Gasteiger partial charge in [0.05, 0.1) is 0 Å². The molecular weight excluding hydrogens is 212 g/mol. The van der Waals surface area contributed by atoms with Crippen molar-refractivity contribution in [3.05, 3.63) is 0 Å². The molecule has 0 aliphatic heterocycles. The smallest absolute Gasteiger partial charge is 0.220 e. The molecule has 0 aromatic heterocycles. The average molecular weight is 237 g/mol. The van der Waals surface area contributed by atoms with Crippen LogP contribution in [0.2, 0.25) is 0 Å². The number of carbonyl (C=O) groups is 1. The van der Waals surface area contributed by atoms with Crippen LogP contribution in [-0.2, 0) is 4.79 Å². The lowest BCUT2D eigenvalue weighted by Gasteiger charge is -2.25. The van der Waals surface area contributed by atoms with Crippen LogP contribution in [0.25, 0.3) is 0 Å². The molecule has 0 radical (unpaired) electrons. The monoisotopic (exact) mass is 236 g/mol. The number of hydrogen-bond donors (Lipinski definition) is 2. The molecule has 0 aliphatic rings. The quantitative estimate of drug-likeness (QED) is 0.743. The predicted octanol–water partition coefficient (Wildman–Crippen LogP) is 2.23. The van der Waals surface area contributed by atoms with Crippen molar-refractivity contribution >= 4 is 18.3 Å². The predicted molar refractivity (Wildman–Crippen MR) is 67.3 cm³/mol. The van der Waals surface area contributed by atoms with E-state index in [-0.39, 0.29) is 29.9 Å². The van der Waals surface area contributed by atoms with Crippen molar-refractivity contribution < 1.29 is 4.79 Å². The molecule has 3 N–H and O–H groups in total. The van der Waals surface area contributed by atoms with Crippen LogP contribution in [-0.4, -0.2) is 17.5 Å². The van der Waals surface area contributed by atoms with Gasteiger partial charge in [0.25, 0.3) is 0 Å².